The second-order valence-electron chi connectivity index (χ2n) is 6.24. The Morgan fingerprint density at radius 2 is 1.73 bits per heavy atom. The van der Waals surface area contributed by atoms with Crippen LogP contribution >= 0.6 is 0 Å². The van der Waals surface area contributed by atoms with Crippen LogP contribution in [-0.4, -0.2) is 29.7 Å². The molecule has 0 spiro atoms. The fourth-order valence-electron chi connectivity index (χ4n) is 2.56. The molecule has 0 aliphatic heterocycles. The Bertz CT molecular complexity index is 791. The fraction of sp³-hybridized carbons (Fsp3) is 0.300. The topological polar surface area (TPSA) is 84.9 Å². The molecule has 6 nitrogen and oxygen atoms in total. The first kappa shape index (κ1) is 19.3. The van der Waals surface area contributed by atoms with Crippen molar-refractivity contribution in [3.05, 3.63) is 53.1 Å². The molecule has 0 heterocycles. The highest BCUT2D eigenvalue weighted by molar-refractivity contribution is 6.05. The van der Waals surface area contributed by atoms with Gasteiger partial charge in [-0.05, 0) is 63.1 Å². The van der Waals surface area contributed by atoms with Gasteiger partial charge in [0.05, 0.1) is 11.8 Å². The Morgan fingerprint density at radius 3 is 2.31 bits per heavy atom. The molecular weight excluding hydrogens is 334 g/mol. The van der Waals surface area contributed by atoms with E-state index in [0.29, 0.717) is 33.9 Å². The number of ether oxygens (including phenoxy) is 2. The molecule has 26 heavy (non-hydrogen) atoms. The van der Waals surface area contributed by atoms with E-state index in [1.54, 1.807) is 38.1 Å². The van der Waals surface area contributed by atoms with Gasteiger partial charge in [0.15, 0.2) is 6.61 Å². The number of nitrogens with one attached hydrogen (secondary N) is 1. The quantitative estimate of drug-likeness (QED) is 0.787. The summed E-state index contributed by atoms with van der Waals surface area (Å²) >= 11 is 0. The molecule has 2 N–H and O–H groups in total. The number of carbonyl (C=O) groups is 2. The SMILES string of the molecule is Cc1cc(C(=O)Nc2ccccc2OC(C)C)cc(C)c1OCC(=O)O. The van der Waals surface area contributed by atoms with Crippen molar-refractivity contribution in [2.75, 3.05) is 11.9 Å². The number of benzene rings is 2. The van der Waals surface area contributed by atoms with E-state index in [1.807, 2.05) is 26.0 Å². The van der Waals surface area contributed by atoms with Crippen molar-refractivity contribution >= 4 is 17.6 Å². The average Bonchev–Trinajstić information content (AvgIpc) is 2.55. The average molecular weight is 357 g/mol. The van der Waals surface area contributed by atoms with E-state index in [9.17, 15) is 9.59 Å². The maximum absolute atomic E-state index is 12.6. The zero-order valence-corrected chi connectivity index (χ0v) is 15.3. The molecule has 0 aliphatic rings. The standard InChI is InChI=1S/C20H23NO5/c1-12(2)26-17-8-6-5-7-16(17)21-20(24)15-9-13(3)19(14(4)10-15)25-11-18(22)23/h5-10,12H,11H2,1-4H3,(H,21,24)(H,22,23). The van der Waals surface area contributed by atoms with Crippen molar-refractivity contribution in [2.24, 2.45) is 0 Å². The third kappa shape index (κ3) is 4.99. The summed E-state index contributed by atoms with van der Waals surface area (Å²) in [4.78, 5) is 23.3. The summed E-state index contributed by atoms with van der Waals surface area (Å²) in [6.07, 6.45) is -0.0109. The summed E-state index contributed by atoms with van der Waals surface area (Å²) < 4.78 is 11.0. The number of carboxylic acid groups (broad SMARTS) is 1. The molecule has 0 unspecified atom stereocenters. The number of aryl methyl sites for hydroxylation is 2. The van der Waals surface area contributed by atoms with Crippen LogP contribution in [0.4, 0.5) is 5.69 Å². The minimum atomic E-state index is -1.05. The summed E-state index contributed by atoms with van der Waals surface area (Å²) in [5.41, 5.74) is 2.45. The van der Waals surface area contributed by atoms with Gasteiger partial charge in [0, 0.05) is 5.56 Å². The number of aliphatic carboxylic acids is 1. The molecule has 6 heteroatoms. The molecule has 0 radical (unpaired) electrons. The van der Waals surface area contributed by atoms with Crippen LogP contribution in [-0.2, 0) is 4.79 Å². The van der Waals surface area contributed by atoms with Gasteiger partial charge in [-0.2, -0.15) is 0 Å². The predicted octanol–water partition coefficient (Wildman–Crippen LogP) is 3.81. The third-order valence-electron chi connectivity index (χ3n) is 3.56. The lowest BCUT2D eigenvalue weighted by atomic mass is 10.0. The summed E-state index contributed by atoms with van der Waals surface area (Å²) in [7, 11) is 0. The first-order valence-electron chi connectivity index (χ1n) is 8.30. The molecule has 0 fully saturated rings. The van der Waals surface area contributed by atoms with Crippen molar-refractivity contribution in [1.29, 1.82) is 0 Å². The molecule has 0 saturated heterocycles. The maximum Gasteiger partial charge on any atom is 0.341 e. The highest BCUT2D eigenvalue weighted by Gasteiger charge is 2.15. The van der Waals surface area contributed by atoms with Gasteiger partial charge in [-0.25, -0.2) is 4.79 Å². The van der Waals surface area contributed by atoms with Crippen molar-refractivity contribution in [3.8, 4) is 11.5 Å². The van der Waals surface area contributed by atoms with Gasteiger partial charge in [-0.15, -0.1) is 0 Å². The minimum Gasteiger partial charge on any atom is -0.489 e. The normalized spacial score (nSPS) is 10.5. The molecule has 0 aromatic heterocycles. The van der Waals surface area contributed by atoms with Gasteiger partial charge < -0.3 is 19.9 Å². The second-order valence-corrected chi connectivity index (χ2v) is 6.24. The van der Waals surface area contributed by atoms with Crippen LogP contribution in [0.1, 0.15) is 35.3 Å². The first-order valence-corrected chi connectivity index (χ1v) is 8.30. The summed E-state index contributed by atoms with van der Waals surface area (Å²) in [6, 6.07) is 10.6. The van der Waals surface area contributed by atoms with E-state index >= 15 is 0 Å². The van der Waals surface area contributed by atoms with Gasteiger partial charge in [0.25, 0.3) is 5.91 Å². The van der Waals surface area contributed by atoms with Gasteiger partial charge in [-0.3, -0.25) is 4.79 Å². The first-order chi connectivity index (χ1) is 12.3. The van der Waals surface area contributed by atoms with Gasteiger partial charge >= 0.3 is 5.97 Å². The number of carboxylic acids is 1. The van der Waals surface area contributed by atoms with Crippen LogP contribution in [0.15, 0.2) is 36.4 Å². The Balaban J connectivity index is 2.22. The van der Waals surface area contributed by atoms with E-state index in [1.165, 1.54) is 0 Å². The zero-order chi connectivity index (χ0) is 19.3. The molecule has 0 aliphatic carbocycles. The highest BCUT2D eigenvalue weighted by Crippen LogP contribution is 2.28. The number of rotatable bonds is 7. The number of carbonyl (C=O) groups excluding carboxylic acids is 1. The summed E-state index contributed by atoms with van der Waals surface area (Å²) in [6.45, 7) is 6.96. The molecule has 2 aromatic rings. The number of anilines is 1. The molecule has 2 rings (SSSR count). The van der Waals surface area contributed by atoms with E-state index in [2.05, 4.69) is 5.32 Å². The molecule has 0 bridgehead atoms. The number of hydrogen-bond donors (Lipinski definition) is 2. The monoisotopic (exact) mass is 357 g/mol. The van der Waals surface area contributed by atoms with Gasteiger partial charge in [0.1, 0.15) is 11.5 Å². The number of amides is 1. The minimum absolute atomic E-state index is 0.0109. The molecule has 0 atom stereocenters. The van der Waals surface area contributed by atoms with Crippen molar-refractivity contribution in [1.82, 2.24) is 0 Å². The van der Waals surface area contributed by atoms with E-state index in [-0.39, 0.29) is 12.0 Å². The van der Waals surface area contributed by atoms with Gasteiger partial charge in [0.2, 0.25) is 0 Å². The lowest BCUT2D eigenvalue weighted by molar-refractivity contribution is -0.139. The van der Waals surface area contributed by atoms with E-state index in [0.717, 1.165) is 0 Å². The zero-order valence-electron chi connectivity index (χ0n) is 15.3. The maximum atomic E-state index is 12.6. The Hall–Kier alpha value is -3.02. The lowest BCUT2D eigenvalue weighted by Gasteiger charge is -2.16. The molecule has 0 saturated carbocycles. The van der Waals surface area contributed by atoms with Gasteiger partial charge in [-0.1, -0.05) is 12.1 Å². The summed E-state index contributed by atoms with van der Waals surface area (Å²) in [5, 5.41) is 11.6. The molecule has 138 valence electrons. The largest absolute Gasteiger partial charge is 0.489 e. The third-order valence-corrected chi connectivity index (χ3v) is 3.56. The van der Waals surface area contributed by atoms with Crippen LogP contribution in [0.2, 0.25) is 0 Å². The van der Waals surface area contributed by atoms with Crippen molar-refractivity contribution in [3.63, 3.8) is 0 Å². The van der Waals surface area contributed by atoms with Crippen LogP contribution in [0.3, 0.4) is 0 Å². The number of para-hydroxylation sites is 2. The Morgan fingerprint density at radius 1 is 1.12 bits per heavy atom. The van der Waals surface area contributed by atoms with Crippen LogP contribution in [0.25, 0.3) is 0 Å². The Kier molecular flexibility index (Phi) is 6.22. The van der Waals surface area contributed by atoms with E-state index < -0.39 is 12.6 Å². The molecule has 2 aromatic carbocycles. The molecular formula is C20H23NO5. The van der Waals surface area contributed by atoms with Crippen LogP contribution in [0.5, 0.6) is 11.5 Å². The summed E-state index contributed by atoms with van der Waals surface area (Å²) in [5.74, 6) is -0.244. The smallest absolute Gasteiger partial charge is 0.341 e. The van der Waals surface area contributed by atoms with Crippen LogP contribution in [0, 0.1) is 13.8 Å². The molecule has 1 amide bonds. The predicted molar refractivity (Wildman–Crippen MR) is 99.2 cm³/mol. The van der Waals surface area contributed by atoms with Crippen molar-refractivity contribution < 1.29 is 24.2 Å². The second kappa shape index (κ2) is 8.38. The van der Waals surface area contributed by atoms with E-state index in [4.69, 9.17) is 14.6 Å². The number of hydrogen-bond acceptors (Lipinski definition) is 4. The fourth-order valence-corrected chi connectivity index (χ4v) is 2.56. The lowest BCUT2D eigenvalue weighted by Crippen LogP contribution is -2.16. The highest BCUT2D eigenvalue weighted by atomic mass is 16.5. The Labute approximate surface area is 152 Å². The van der Waals surface area contributed by atoms with Crippen molar-refractivity contribution in [2.45, 2.75) is 33.8 Å². The van der Waals surface area contributed by atoms with Crippen LogP contribution < -0.4 is 14.8 Å².